The van der Waals surface area contributed by atoms with Gasteiger partial charge in [0.1, 0.15) is 10.7 Å². The van der Waals surface area contributed by atoms with E-state index in [9.17, 15) is 17.6 Å². The summed E-state index contributed by atoms with van der Waals surface area (Å²) in [4.78, 5) is 16.7. The SMILES string of the molecule is CCSc1cncc(S(=O)(=O)n2cc(C(=O)NC)cc2-c2ccccc2F)c1.Cl. The highest BCUT2D eigenvalue weighted by molar-refractivity contribution is 7.99. The average molecular weight is 456 g/mol. The predicted octanol–water partition coefficient (Wildman–Crippen LogP) is 3.82. The van der Waals surface area contributed by atoms with Crippen LogP contribution in [0.25, 0.3) is 11.3 Å². The van der Waals surface area contributed by atoms with Crippen LogP contribution < -0.4 is 5.32 Å². The summed E-state index contributed by atoms with van der Waals surface area (Å²) in [6, 6.07) is 8.68. The van der Waals surface area contributed by atoms with Gasteiger partial charge in [0.05, 0.1) is 11.3 Å². The molecule has 0 unspecified atom stereocenters. The van der Waals surface area contributed by atoms with Crippen molar-refractivity contribution >= 4 is 40.1 Å². The molecule has 0 saturated heterocycles. The molecule has 0 fully saturated rings. The Labute approximate surface area is 179 Å². The standard InChI is InChI=1S/C19H18FN3O3S2.ClH/c1-3-27-14-9-15(11-22-10-14)28(25,26)23-12-13(19(24)21-2)8-18(23)16-6-4-5-7-17(16)20;/h4-12H,3H2,1-2H3,(H,21,24);1H. The second-order valence-electron chi connectivity index (χ2n) is 5.76. The highest BCUT2D eigenvalue weighted by Crippen LogP contribution is 2.30. The lowest BCUT2D eigenvalue weighted by atomic mass is 10.1. The molecule has 29 heavy (non-hydrogen) atoms. The van der Waals surface area contributed by atoms with Crippen molar-refractivity contribution in [3.8, 4) is 11.3 Å². The number of nitrogens with zero attached hydrogens (tertiary/aromatic N) is 2. The first-order valence-electron chi connectivity index (χ1n) is 8.41. The third kappa shape index (κ3) is 4.63. The molecule has 0 spiro atoms. The first kappa shape index (κ1) is 22.9. The Morgan fingerprint density at radius 2 is 1.97 bits per heavy atom. The lowest BCUT2D eigenvalue weighted by molar-refractivity contribution is 0.0963. The zero-order valence-corrected chi connectivity index (χ0v) is 18.1. The molecule has 0 bridgehead atoms. The minimum Gasteiger partial charge on any atom is -0.355 e. The first-order valence-corrected chi connectivity index (χ1v) is 10.8. The number of carbonyl (C=O) groups excluding carboxylic acids is 1. The Bertz CT molecular complexity index is 1130. The third-order valence-electron chi connectivity index (χ3n) is 3.98. The summed E-state index contributed by atoms with van der Waals surface area (Å²) in [6.45, 7) is 1.95. The van der Waals surface area contributed by atoms with Gasteiger partial charge in [-0.25, -0.2) is 16.8 Å². The Kier molecular flexibility index (Phi) is 7.45. The van der Waals surface area contributed by atoms with E-state index in [0.29, 0.717) is 4.90 Å². The van der Waals surface area contributed by atoms with Crippen LogP contribution in [0, 0.1) is 5.82 Å². The molecular formula is C19H19ClFN3O3S2. The van der Waals surface area contributed by atoms with Gasteiger partial charge in [-0.2, -0.15) is 0 Å². The molecule has 0 saturated carbocycles. The molecule has 0 aliphatic rings. The number of thioether (sulfide) groups is 1. The van der Waals surface area contributed by atoms with E-state index >= 15 is 0 Å². The Morgan fingerprint density at radius 1 is 1.24 bits per heavy atom. The molecule has 10 heteroatoms. The normalized spacial score (nSPS) is 11.0. The fourth-order valence-corrected chi connectivity index (χ4v) is 4.79. The van der Waals surface area contributed by atoms with Crippen LogP contribution in [0.2, 0.25) is 0 Å². The summed E-state index contributed by atoms with van der Waals surface area (Å²) in [5.41, 5.74) is 0.245. The molecule has 0 radical (unpaired) electrons. The molecule has 0 atom stereocenters. The molecule has 0 aliphatic heterocycles. The molecule has 3 aromatic rings. The van der Waals surface area contributed by atoms with Crippen molar-refractivity contribution in [3.05, 3.63) is 66.4 Å². The van der Waals surface area contributed by atoms with Gasteiger partial charge < -0.3 is 5.32 Å². The molecule has 2 heterocycles. The number of hydrogen-bond donors (Lipinski definition) is 1. The number of nitrogens with one attached hydrogen (secondary N) is 1. The Balaban J connectivity index is 0.00000300. The summed E-state index contributed by atoms with van der Waals surface area (Å²) in [5.74, 6) is -0.301. The smallest absolute Gasteiger partial charge is 0.269 e. The van der Waals surface area contributed by atoms with Crippen LogP contribution in [-0.2, 0) is 10.0 Å². The number of pyridine rings is 1. The van der Waals surface area contributed by atoms with E-state index in [0.717, 1.165) is 9.73 Å². The molecule has 1 amide bonds. The number of carbonyl (C=O) groups is 1. The van der Waals surface area contributed by atoms with Crippen molar-refractivity contribution in [2.75, 3.05) is 12.8 Å². The fraction of sp³-hybridized carbons (Fsp3) is 0.158. The Hall–Kier alpha value is -2.36. The highest BCUT2D eigenvalue weighted by atomic mass is 35.5. The van der Waals surface area contributed by atoms with E-state index in [1.807, 2.05) is 6.92 Å². The molecule has 1 N–H and O–H groups in total. The number of halogens is 2. The van der Waals surface area contributed by atoms with Crippen LogP contribution >= 0.6 is 24.2 Å². The van der Waals surface area contributed by atoms with Gasteiger partial charge in [-0.05, 0) is 30.0 Å². The van der Waals surface area contributed by atoms with Crippen LogP contribution in [0.5, 0.6) is 0 Å². The Morgan fingerprint density at radius 3 is 2.62 bits per heavy atom. The molecule has 6 nitrogen and oxygen atoms in total. The van der Waals surface area contributed by atoms with E-state index in [1.54, 1.807) is 12.3 Å². The predicted molar refractivity (Wildman–Crippen MR) is 114 cm³/mol. The molecule has 154 valence electrons. The van der Waals surface area contributed by atoms with Crippen molar-refractivity contribution in [3.63, 3.8) is 0 Å². The second kappa shape index (κ2) is 9.43. The summed E-state index contributed by atoms with van der Waals surface area (Å²) >= 11 is 1.46. The zero-order valence-electron chi connectivity index (χ0n) is 15.6. The lowest BCUT2D eigenvalue weighted by Crippen LogP contribution is -2.17. The van der Waals surface area contributed by atoms with Gasteiger partial charge in [-0.1, -0.05) is 19.1 Å². The van der Waals surface area contributed by atoms with Crippen LogP contribution in [0.3, 0.4) is 0 Å². The largest absolute Gasteiger partial charge is 0.355 e. The van der Waals surface area contributed by atoms with Crippen molar-refractivity contribution in [2.24, 2.45) is 0 Å². The van der Waals surface area contributed by atoms with Crippen LogP contribution in [0.4, 0.5) is 4.39 Å². The number of hydrogen-bond acceptors (Lipinski definition) is 5. The number of amides is 1. The van der Waals surface area contributed by atoms with Crippen LogP contribution in [-0.4, -0.2) is 36.1 Å². The highest BCUT2D eigenvalue weighted by Gasteiger charge is 2.25. The van der Waals surface area contributed by atoms with E-state index < -0.39 is 21.7 Å². The van der Waals surface area contributed by atoms with Crippen molar-refractivity contribution in [1.29, 1.82) is 0 Å². The van der Waals surface area contributed by atoms with Gasteiger partial charge in [-0.15, -0.1) is 24.2 Å². The van der Waals surface area contributed by atoms with Crippen LogP contribution in [0.15, 0.2) is 64.8 Å². The lowest BCUT2D eigenvalue weighted by Gasteiger charge is -2.11. The fourth-order valence-electron chi connectivity index (χ4n) is 2.68. The zero-order chi connectivity index (χ0) is 20.3. The second-order valence-corrected chi connectivity index (χ2v) is 8.92. The molecule has 2 aromatic heterocycles. The molecular weight excluding hydrogens is 437 g/mol. The van der Waals surface area contributed by atoms with Crippen molar-refractivity contribution in [2.45, 2.75) is 16.7 Å². The number of benzene rings is 1. The molecule has 1 aromatic carbocycles. The topological polar surface area (TPSA) is 81.1 Å². The molecule has 0 aliphatic carbocycles. The summed E-state index contributed by atoms with van der Waals surface area (Å²) in [6.07, 6.45) is 4.01. The summed E-state index contributed by atoms with van der Waals surface area (Å²) < 4.78 is 41.9. The van der Waals surface area contributed by atoms with Crippen LogP contribution in [0.1, 0.15) is 17.3 Å². The maximum absolute atomic E-state index is 14.4. The first-order chi connectivity index (χ1) is 13.4. The van der Waals surface area contributed by atoms with E-state index in [4.69, 9.17) is 0 Å². The van der Waals surface area contributed by atoms with Crippen molar-refractivity contribution < 1.29 is 17.6 Å². The minimum atomic E-state index is -4.10. The van der Waals surface area contributed by atoms with Gasteiger partial charge in [-0.3, -0.25) is 9.78 Å². The van der Waals surface area contributed by atoms with Gasteiger partial charge in [0, 0.05) is 36.1 Å². The quantitative estimate of drug-likeness (QED) is 0.571. The monoisotopic (exact) mass is 455 g/mol. The number of rotatable bonds is 6. The third-order valence-corrected chi connectivity index (χ3v) is 6.47. The van der Waals surface area contributed by atoms with Crippen molar-refractivity contribution in [1.82, 2.24) is 14.3 Å². The minimum absolute atomic E-state index is 0. The van der Waals surface area contributed by atoms with Gasteiger partial charge in [0.2, 0.25) is 0 Å². The average Bonchev–Trinajstić information content (AvgIpc) is 3.14. The van der Waals surface area contributed by atoms with E-state index in [1.165, 1.54) is 61.5 Å². The summed E-state index contributed by atoms with van der Waals surface area (Å²) in [7, 11) is -2.67. The van der Waals surface area contributed by atoms with Gasteiger partial charge in [0.15, 0.2) is 0 Å². The van der Waals surface area contributed by atoms with E-state index in [-0.39, 0.29) is 34.1 Å². The number of aromatic nitrogens is 2. The molecule has 3 rings (SSSR count). The maximum atomic E-state index is 14.4. The van der Waals surface area contributed by atoms with Gasteiger partial charge in [0.25, 0.3) is 15.9 Å². The van der Waals surface area contributed by atoms with E-state index in [2.05, 4.69) is 10.3 Å². The van der Waals surface area contributed by atoms with Gasteiger partial charge >= 0.3 is 0 Å². The maximum Gasteiger partial charge on any atom is 0.269 e. The summed E-state index contributed by atoms with van der Waals surface area (Å²) in [5, 5.41) is 2.45.